The second-order valence-corrected chi connectivity index (χ2v) is 5.18. The molecular weight excluding hydrogens is 336 g/mol. The Morgan fingerprint density at radius 3 is 1.28 bits per heavy atom. The molecule has 0 fully saturated rings. The lowest BCUT2D eigenvalue weighted by molar-refractivity contribution is -0.158. The van der Waals surface area contributed by atoms with Gasteiger partial charge in [0.1, 0.15) is 31.8 Å². The van der Waals surface area contributed by atoms with Gasteiger partial charge in [0.2, 0.25) is 0 Å². The molecule has 10 nitrogen and oxygen atoms in total. The van der Waals surface area contributed by atoms with Crippen molar-refractivity contribution in [3.05, 3.63) is 0 Å². The van der Waals surface area contributed by atoms with Crippen molar-refractivity contribution in [2.75, 3.05) is 40.5 Å². The minimum absolute atomic E-state index is 0.136. The van der Waals surface area contributed by atoms with Crippen molar-refractivity contribution < 1.29 is 38.1 Å². The smallest absolute Gasteiger partial charge is 0.406 e. The van der Waals surface area contributed by atoms with E-state index in [9.17, 15) is 19.2 Å². The van der Waals surface area contributed by atoms with Crippen LogP contribution in [0.3, 0.4) is 0 Å². The number of nitrogens with one attached hydrogen (secondary N) is 2. The summed E-state index contributed by atoms with van der Waals surface area (Å²) in [5, 5.41) is 4.54. The topological polar surface area (TPSA) is 129 Å². The first-order valence-electron chi connectivity index (χ1n) is 7.82. The number of esters is 2. The number of alkyl carbamates (subject to hydrolysis) is 2. The van der Waals surface area contributed by atoms with E-state index in [1.165, 1.54) is 14.1 Å². The molecule has 0 aliphatic rings. The number of carbonyl (C=O) groups is 4. The van der Waals surface area contributed by atoms with Gasteiger partial charge < -0.3 is 29.6 Å². The van der Waals surface area contributed by atoms with Gasteiger partial charge in [0.15, 0.2) is 0 Å². The van der Waals surface area contributed by atoms with Crippen LogP contribution in [0.25, 0.3) is 0 Å². The molecule has 2 N–H and O–H groups in total. The Hall–Kier alpha value is -2.52. The van der Waals surface area contributed by atoms with Crippen LogP contribution in [-0.4, -0.2) is 64.6 Å². The highest BCUT2D eigenvalue weighted by molar-refractivity contribution is 5.70. The first-order valence-corrected chi connectivity index (χ1v) is 7.82. The van der Waals surface area contributed by atoms with Gasteiger partial charge in [-0.3, -0.25) is 9.59 Å². The molecule has 0 aliphatic heterocycles. The molecule has 0 saturated carbocycles. The molecule has 0 aromatic rings. The van der Waals surface area contributed by atoms with Gasteiger partial charge in [-0.1, -0.05) is 13.8 Å². The van der Waals surface area contributed by atoms with Crippen LogP contribution in [-0.2, 0) is 28.5 Å². The lowest BCUT2D eigenvalue weighted by atomic mass is 9.92. The monoisotopic (exact) mass is 362 g/mol. The predicted octanol–water partition coefficient (Wildman–Crippen LogP) is 0.591. The summed E-state index contributed by atoms with van der Waals surface area (Å²) in [6.07, 6.45) is -1.18. The van der Waals surface area contributed by atoms with Crippen LogP contribution in [0, 0.1) is 5.41 Å². The van der Waals surface area contributed by atoms with Crippen LogP contribution in [0.5, 0.6) is 0 Å². The lowest BCUT2D eigenvalue weighted by Crippen LogP contribution is -2.45. The summed E-state index contributed by atoms with van der Waals surface area (Å²) in [4.78, 5) is 45.7. The fraction of sp³-hybridized carbons (Fsp3) is 0.733. The van der Waals surface area contributed by atoms with E-state index in [2.05, 4.69) is 10.6 Å². The van der Waals surface area contributed by atoms with E-state index in [1.54, 1.807) is 13.8 Å². The number of hydrogen-bond donors (Lipinski definition) is 2. The molecule has 0 aliphatic carbocycles. The Balaban J connectivity index is 5.24. The van der Waals surface area contributed by atoms with Gasteiger partial charge in [-0.2, -0.15) is 0 Å². The maximum absolute atomic E-state index is 11.5. The second-order valence-electron chi connectivity index (χ2n) is 5.18. The SMILES string of the molecule is CCC(=O)OCC(COC(=O)CC)(COC(=O)NC)COC(=O)NC. The van der Waals surface area contributed by atoms with E-state index in [0.29, 0.717) is 0 Å². The van der Waals surface area contributed by atoms with Crippen LogP contribution < -0.4 is 10.6 Å². The zero-order chi connectivity index (χ0) is 19.3. The largest absolute Gasteiger partial charge is 0.465 e. The molecule has 0 spiro atoms. The number of carbonyl (C=O) groups excluding carboxylic acids is 4. The zero-order valence-corrected chi connectivity index (χ0v) is 15.0. The van der Waals surface area contributed by atoms with Gasteiger partial charge in [-0.15, -0.1) is 0 Å². The average Bonchev–Trinajstić information content (AvgIpc) is 2.65. The molecule has 0 radical (unpaired) electrons. The minimum atomic E-state index is -1.23. The highest BCUT2D eigenvalue weighted by Crippen LogP contribution is 2.21. The first-order chi connectivity index (χ1) is 11.8. The van der Waals surface area contributed by atoms with Gasteiger partial charge in [0, 0.05) is 26.9 Å². The summed E-state index contributed by atoms with van der Waals surface area (Å²) < 4.78 is 20.2. The van der Waals surface area contributed by atoms with Crippen molar-refractivity contribution in [3.8, 4) is 0 Å². The lowest BCUT2D eigenvalue weighted by Gasteiger charge is -2.31. The Kier molecular flexibility index (Phi) is 10.7. The molecule has 0 unspecified atom stereocenters. The van der Waals surface area contributed by atoms with Gasteiger partial charge in [0.05, 0.1) is 0 Å². The molecule has 25 heavy (non-hydrogen) atoms. The molecule has 0 atom stereocenters. The summed E-state index contributed by atoms with van der Waals surface area (Å²) in [6, 6.07) is 0. The van der Waals surface area contributed by atoms with Crippen LogP contribution >= 0.6 is 0 Å². The molecule has 0 bridgehead atoms. The first kappa shape index (κ1) is 22.5. The molecule has 0 rings (SSSR count). The number of ether oxygens (including phenoxy) is 4. The predicted molar refractivity (Wildman–Crippen MR) is 85.7 cm³/mol. The van der Waals surface area contributed by atoms with Gasteiger partial charge in [0.25, 0.3) is 0 Å². The molecule has 0 aromatic heterocycles. The van der Waals surface area contributed by atoms with E-state index in [1.807, 2.05) is 0 Å². The Labute approximate surface area is 146 Å². The van der Waals surface area contributed by atoms with E-state index in [4.69, 9.17) is 18.9 Å². The van der Waals surface area contributed by atoms with Crippen molar-refractivity contribution in [1.29, 1.82) is 0 Å². The number of hydrogen-bond acceptors (Lipinski definition) is 8. The molecule has 2 amide bonds. The van der Waals surface area contributed by atoms with E-state index < -0.39 is 29.5 Å². The molecule has 0 heterocycles. The molecule has 10 heteroatoms. The van der Waals surface area contributed by atoms with Crippen molar-refractivity contribution in [2.45, 2.75) is 26.7 Å². The highest BCUT2D eigenvalue weighted by Gasteiger charge is 2.37. The number of amides is 2. The van der Waals surface area contributed by atoms with Crippen LogP contribution in [0.15, 0.2) is 0 Å². The average molecular weight is 362 g/mol. The van der Waals surface area contributed by atoms with Gasteiger partial charge >= 0.3 is 24.1 Å². The molecular formula is C15H26N2O8. The normalized spacial score (nSPS) is 10.4. The summed E-state index contributed by atoms with van der Waals surface area (Å²) in [5.41, 5.74) is -1.23. The fourth-order valence-electron chi connectivity index (χ4n) is 1.50. The highest BCUT2D eigenvalue weighted by atomic mass is 16.6. The Bertz CT molecular complexity index is 381. The Morgan fingerprint density at radius 2 is 1.00 bits per heavy atom. The number of rotatable bonds is 10. The van der Waals surface area contributed by atoms with Crippen molar-refractivity contribution in [2.24, 2.45) is 5.41 Å². The van der Waals surface area contributed by atoms with Crippen molar-refractivity contribution >= 4 is 24.1 Å². The molecule has 0 saturated heterocycles. The summed E-state index contributed by atoms with van der Waals surface area (Å²) in [5.74, 6) is -0.989. The van der Waals surface area contributed by atoms with E-state index >= 15 is 0 Å². The van der Waals surface area contributed by atoms with Crippen LogP contribution in [0.4, 0.5) is 9.59 Å². The Morgan fingerprint density at radius 1 is 0.680 bits per heavy atom. The van der Waals surface area contributed by atoms with E-state index in [-0.39, 0.29) is 39.3 Å². The van der Waals surface area contributed by atoms with E-state index in [0.717, 1.165) is 0 Å². The fourth-order valence-corrected chi connectivity index (χ4v) is 1.50. The van der Waals surface area contributed by atoms with Crippen molar-refractivity contribution in [3.63, 3.8) is 0 Å². The molecule has 144 valence electrons. The standard InChI is InChI=1S/C15H26N2O8/c1-5-11(18)22-7-15(8-23-12(19)6-2,9-24-13(20)16-3)10-25-14(21)17-4/h5-10H2,1-4H3,(H,16,20)(H,17,21). The third kappa shape index (κ3) is 9.38. The van der Waals surface area contributed by atoms with Crippen molar-refractivity contribution in [1.82, 2.24) is 10.6 Å². The third-order valence-electron chi connectivity index (χ3n) is 3.08. The summed E-state index contributed by atoms with van der Waals surface area (Å²) in [6.45, 7) is 2.12. The summed E-state index contributed by atoms with van der Waals surface area (Å²) >= 11 is 0. The van der Waals surface area contributed by atoms with Crippen LogP contribution in [0.1, 0.15) is 26.7 Å². The molecule has 0 aromatic carbocycles. The quantitative estimate of drug-likeness (QED) is 0.427. The summed E-state index contributed by atoms with van der Waals surface area (Å²) in [7, 11) is 2.75. The maximum atomic E-state index is 11.5. The van der Waals surface area contributed by atoms with Crippen LogP contribution in [0.2, 0.25) is 0 Å². The van der Waals surface area contributed by atoms with Gasteiger partial charge in [-0.05, 0) is 0 Å². The zero-order valence-electron chi connectivity index (χ0n) is 15.0. The second kappa shape index (κ2) is 11.9. The maximum Gasteiger partial charge on any atom is 0.406 e. The third-order valence-corrected chi connectivity index (χ3v) is 3.08. The van der Waals surface area contributed by atoms with Gasteiger partial charge in [-0.25, -0.2) is 9.59 Å². The minimum Gasteiger partial charge on any atom is -0.465 e.